The van der Waals surface area contributed by atoms with Gasteiger partial charge in [0.1, 0.15) is 11.2 Å². The summed E-state index contributed by atoms with van der Waals surface area (Å²) in [7, 11) is 3.25. The lowest BCUT2D eigenvalue weighted by Gasteiger charge is -2.16. The van der Waals surface area contributed by atoms with Gasteiger partial charge in [0.15, 0.2) is 0 Å². The standard InChI is InChI=1S/C30H32N8O2/c1-37(2)28(39)24-15-22-17-34-30(35-23-9-7-19(8-10-23)21-11-12-31-16-21)36-27(22)38(29(24)40)18-25-26(33-14-13-32-25)20-5-3-4-6-20/h5,7-10,13-15,17,21,31H,3-4,6,11-12,16,18H2,1-2H3,(H,34,35,36). The maximum atomic E-state index is 13.8. The average molecular weight is 537 g/mol. The SMILES string of the molecule is CN(C)C(=O)c1cc2cnc(Nc3ccc(C4CCNC4)cc3)nc2n(Cc2nccnc2C2=CCCC2)c1=O. The summed E-state index contributed by atoms with van der Waals surface area (Å²) in [6.45, 7) is 2.18. The van der Waals surface area contributed by atoms with E-state index in [0.29, 0.717) is 28.6 Å². The van der Waals surface area contributed by atoms with E-state index in [0.717, 1.165) is 55.7 Å². The van der Waals surface area contributed by atoms with Gasteiger partial charge in [0.25, 0.3) is 11.5 Å². The van der Waals surface area contributed by atoms with Crippen LogP contribution in [0.25, 0.3) is 16.6 Å². The third kappa shape index (κ3) is 5.10. The Kier molecular flexibility index (Phi) is 7.08. The third-order valence-corrected chi connectivity index (χ3v) is 7.59. The van der Waals surface area contributed by atoms with E-state index in [9.17, 15) is 9.59 Å². The van der Waals surface area contributed by atoms with Gasteiger partial charge in [0.05, 0.1) is 17.9 Å². The van der Waals surface area contributed by atoms with Crippen LogP contribution >= 0.6 is 0 Å². The molecule has 1 fully saturated rings. The number of pyridine rings is 1. The fourth-order valence-corrected chi connectivity index (χ4v) is 5.45. The highest BCUT2D eigenvalue weighted by atomic mass is 16.2. The molecular formula is C30H32N8O2. The van der Waals surface area contributed by atoms with Crippen molar-refractivity contribution in [3.8, 4) is 0 Å². The van der Waals surface area contributed by atoms with Crippen molar-refractivity contribution < 1.29 is 4.79 Å². The van der Waals surface area contributed by atoms with Crippen LogP contribution in [0.3, 0.4) is 0 Å². The number of allylic oxidation sites excluding steroid dienone is 2. The number of nitrogens with zero attached hydrogens (tertiary/aromatic N) is 6. The Morgan fingerprint density at radius 2 is 1.98 bits per heavy atom. The quantitative estimate of drug-likeness (QED) is 0.367. The van der Waals surface area contributed by atoms with Crippen LogP contribution in [0, 0.1) is 0 Å². The van der Waals surface area contributed by atoms with Crippen LogP contribution in [0.1, 0.15) is 58.9 Å². The molecule has 4 heterocycles. The van der Waals surface area contributed by atoms with Crippen molar-refractivity contribution in [3.63, 3.8) is 0 Å². The van der Waals surface area contributed by atoms with Crippen molar-refractivity contribution in [2.24, 2.45) is 0 Å². The summed E-state index contributed by atoms with van der Waals surface area (Å²) in [6, 6.07) is 9.87. The van der Waals surface area contributed by atoms with Crippen molar-refractivity contribution in [1.29, 1.82) is 0 Å². The minimum atomic E-state index is -0.428. The van der Waals surface area contributed by atoms with Crippen LogP contribution in [0.15, 0.2) is 59.8 Å². The molecule has 0 saturated carbocycles. The van der Waals surface area contributed by atoms with Gasteiger partial charge >= 0.3 is 0 Å². The predicted octanol–water partition coefficient (Wildman–Crippen LogP) is 3.72. The number of aromatic nitrogens is 5. The smallest absolute Gasteiger partial charge is 0.265 e. The fourth-order valence-electron chi connectivity index (χ4n) is 5.45. The summed E-state index contributed by atoms with van der Waals surface area (Å²) in [5.74, 6) is 0.518. The van der Waals surface area contributed by atoms with Crippen molar-refractivity contribution in [2.45, 2.75) is 38.1 Å². The van der Waals surface area contributed by atoms with Crippen LogP contribution in [0.2, 0.25) is 0 Å². The molecule has 2 N–H and O–H groups in total. The van der Waals surface area contributed by atoms with Crippen molar-refractivity contribution in [1.82, 2.24) is 34.7 Å². The van der Waals surface area contributed by atoms with E-state index in [4.69, 9.17) is 4.98 Å². The first kappa shape index (κ1) is 25.8. The summed E-state index contributed by atoms with van der Waals surface area (Å²) >= 11 is 0. The molecule has 204 valence electrons. The van der Waals surface area contributed by atoms with E-state index in [-0.39, 0.29) is 18.0 Å². The lowest BCUT2D eigenvalue weighted by Crippen LogP contribution is -2.33. The summed E-state index contributed by atoms with van der Waals surface area (Å²) < 4.78 is 1.51. The first-order valence-electron chi connectivity index (χ1n) is 13.7. The van der Waals surface area contributed by atoms with E-state index >= 15 is 0 Å². The number of hydrogen-bond donors (Lipinski definition) is 2. The first-order valence-corrected chi connectivity index (χ1v) is 13.7. The highest BCUT2D eigenvalue weighted by Gasteiger charge is 2.22. The Balaban J connectivity index is 1.40. The van der Waals surface area contributed by atoms with E-state index < -0.39 is 5.56 Å². The van der Waals surface area contributed by atoms with Gasteiger partial charge < -0.3 is 15.5 Å². The Hall–Kier alpha value is -4.44. The highest BCUT2D eigenvalue weighted by Crippen LogP contribution is 2.28. The molecule has 0 bridgehead atoms. The normalized spacial score (nSPS) is 16.8. The average Bonchev–Trinajstić information content (AvgIpc) is 3.70. The molecule has 1 atom stereocenters. The molecule has 1 amide bonds. The van der Waals surface area contributed by atoms with Crippen LogP contribution in [0.4, 0.5) is 11.6 Å². The molecule has 0 spiro atoms. The van der Waals surface area contributed by atoms with Crippen LogP contribution in [-0.2, 0) is 6.54 Å². The molecule has 2 aliphatic rings. The van der Waals surface area contributed by atoms with Crippen LogP contribution in [0.5, 0.6) is 0 Å². The van der Waals surface area contributed by atoms with E-state index in [2.05, 4.69) is 43.8 Å². The Labute approximate surface area is 232 Å². The number of fused-ring (bicyclic) bond motifs is 1. The second-order valence-electron chi connectivity index (χ2n) is 10.5. The number of rotatable bonds is 7. The summed E-state index contributed by atoms with van der Waals surface area (Å²) in [4.78, 5) is 46.5. The fraction of sp³-hybridized carbons (Fsp3) is 0.333. The topological polar surface area (TPSA) is 118 Å². The number of nitrogens with one attached hydrogen (secondary N) is 2. The number of anilines is 2. The molecule has 4 aromatic rings. The Morgan fingerprint density at radius 1 is 1.15 bits per heavy atom. The number of carbonyl (C=O) groups excluding carboxylic acids is 1. The number of benzene rings is 1. The highest BCUT2D eigenvalue weighted by molar-refractivity contribution is 5.96. The van der Waals surface area contributed by atoms with Crippen molar-refractivity contribution in [3.05, 3.63) is 87.9 Å². The third-order valence-electron chi connectivity index (χ3n) is 7.59. The van der Waals surface area contributed by atoms with Gasteiger partial charge in [-0.2, -0.15) is 4.98 Å². The second kappa shape index (κ2) is 11.0. The van der Waals surface area contributed by atoms with Gasteiger partial charge in [0.2, 0.25) is 5.95 Å². The van der Waals surface area contributed by atoms with Gasteiger partial charge in [-0.05, 0) is 67.5 Å². The molecule has 1 unspecified atom stereocenters. The van der Waals surface area contributed by atoms with E-state index in [1.807, 2.05) is 12.1 Å². The number of amides is 1. The molecular weight excluding hydrogens is 504 g/mol. The van der Waals surface area contributed by atoms with Crippen molar-refractivity contribution >= 4 is 34.1 Å². The summed E-state index contributed by atoms with van der Waals surface area (Å²) in [5.41, 5.74) is 4.80. The maximum Gasteiger partial charge on any atom is 0.265 e. The minimum absolute atomic E-state index is 0.0596. The molecule has 1 aliphatic carbocycles. The molecule has 6 rings (SSSR count). The molecule has 1 aromatic carbocycles. The van der Waals surface area contributed by atoms with Crippen LogP contribution in [-0.4, -0.2) is 62.5 Å². The van der Waals surface area contributed by atoms with Crippen LogP contribution < -0.4 is 16.2 Å². The van der Waals surface area contributed by atoms with Gasteiger partial charge in [-0.3, -0.25) is 24.1 Å². The van der Waals surface area contributed by atoms with Gasteiger partial charge in [-0.1, -0.05) is 18.2 Å². The lowest BCUT2D eigenvalue weighted by atomic mass is 9.98. The maximum absolute atomic E-state index is 13.8. The first-order chi connectivity index (χ1) is 19.5. The summed E-state index contributed by atoms with van der Waals surface area (Å²) in [6.07, 6.45) is 11.3. The predicted molar refractivity (Wildman–Crippen MR) is 155 cm³/mol. The van der Waals surface area contributed by atoms with Crippen molar-refractivity contribution in [2.75, 3.05) is 32.5 Å². The summed E-state index contributed by atoms with van der Waals surface area (Å²) in [5, 5.41) is 7.27. The minimum Gasteiger partial charge on any atom is -0.345 e. The number of hydrogen-bond acceptors (Lipinski definition) is 8. The molecule has 10 heteroatoms. The molecule has 1 aliphatic heterocycles. The lowest BCUT2D eigenvalue weighted by molar-refractivity contribution is 0.0825. The van der Waals surface area contributed by atoms with Gasteiger partial charge in [-0.25, -0.2) is 4.98 Å². The molecule has 0 radical (unpaired) electrons. The molecule has 1 saturated heterocycles. The van der Waals surface area contributed by atoms with Gasteiger partial charge in [-0.15, -0.1) is 0 Å². The molecule has 40 heavy (non-hydrogen) atoms. The monoisotopic (exact) mass is 536 g/mol. The molecule has 3 aromatic heterocycles. The number of carbonyl (C=O) groups is 1. The zero-order valence-corrected chi connectivity index (χ0v) is 22.7. The Morgan fingerprint density at radius 3 is 2.70 bits per heavy atom. The largest absolute Gasteiger partial charge is 0.345 e. The molecule has 10 nitrogen and oxygen atoms in total. The van der Waals surface area contributed by atoms with Gasteiger partial charge in [0, 0.05) is 50.3 Å². The zero-order valence-electron chi connectivity index (χ0n) is 22.7. The van der Waals surface area contributed by atoms with E-state index in [1.165, 1.54) is 15.0 Å². The second-order valence-corrected chi connectivity index (χ2v) is 10.5. The zero-order chi connectivity index (χ0) is 27.6. The van der Waals surface area contributed by atoms with E-state index in [1.54, 1.807) is 38.8 Å². The Bertz CT molecular complexity index is 1650.